The molecule has 0 aliphatic carbocycles. The maximum absolute atomic E-state index is 2.60. The minimum atomic E-state index is -0.0625. The fraction of sp³-hybridized carbons (Fsp3) is 0.293. The summed E-state index contributed by atoms with van der Waals surface area (Å²) < 4.78 is 2.55. The summed E-state index contributed by atoms with van der Waals surface area (Å²) in [6.45, 7) is 42.0. The molecule has 12 rings (SSSR count). The molecule has 0 saturated heterocycles. The van der Waals surface area contributed by atoms with Crippen LogP contribution in [0.3, 0.4) is 0 Å². The predicted molar refractivity (Wildman–Crippen MR) is 368 cm³/mol. The molecule has 0 unspecified atom stereocenters. The van der Waals surface area contributed by atoms with Gasteiger partial charge in [-0.25, -0.2) is 0 Å². The lowest BCUT2D eigenvalue weighted by Crippen LogP contribution is -2.17. The maximum atomic E-state index is 2.60. The molecule has 2 heteroatoms. The molecule has 1 aromatic heterocycles. The second-order valence-electron chi connectivity index (χ2n) is 30.4. The lowest BCUT2D eigenvalue weighted by molar-refractivity contribution is 0.568. The van der Waals surface area contributed by atoms with Crippen LogP contribution in [0.5, 0.6) is 0 Å². The molecule has 0 aliphatic heterocycles. The Hall–Kier alpha value is -7.94. The third-order valence-electron chi connectivity index (χ3n) is 18.1. The van der Waals surface area contributed by atoms with Gasteiger partial charge in [0.25, 0.3) is 0 Å². The molecule has 1 heterocycles. The van der Waals surface area contributed by atoms with Gasteiger partial charge in [0.1, 0.15) is 0 Å². The van der Waals surface area contributed by atoms with Crippen molar-refractivity contribution in [2.24, 2.45) is 0 Å². The molecule has 0 radical (unpaired) electrons. The van der Waals surface area contributed by atoms with Crippen LogP contribution in [0.4, 0.5) is 17.1 Å². The molecule has 11 aromatic carbocycles. The zero-order valence-electron chi connectivity index (χ0n) is 53.4. The molecule has 12 aromatic rings. The first-order chi connectivity index (χ1) is 39.4. The van der Waals surface area contributed by atoms with E-state index in [4.69, 9.17) is 0 Å². The monoisotopic (exact) mass is 1100 g/mol. The normalized spacial score (nSPS) is 13.1. The molecule has 0 amide bonds. The van der Waals surface area contributed by atoms with Crippen molar-refractivity contribution >= 4 is 71.2 Å². The van der Waals surface area contributed by atoms with Crippen molar-refractivity contribution < 1.29 is 0 Å². The van der Waals surface area contributed by atoms with Gasteiger partial charge in [0, 0.05) is 32.7 Å². The van der Waals surface area contributed by atoms with Crippen LogP contribution in [-0.4, -0.2) is 4.57 Å². The topological polar surface area (TPSA) is 8.17 Å². The van der Waals surface area contributed by atoms with Crippen LogP contribution in [0.15, 0.2) is 194 Å². The molecule has 0 bridgehead atoms. The van der Waals surface area contributed by atoms with Gasteiger partial charge < -0.3 is 9.47 Å². The zero-order chi connectivity index (χ0) is 59.8. The number of hydrogen-bond donors (Lipinski definition) is 0. The van der Waals surface area contributed by atoms with Crippen molar-refractivity contribution in [3.63, 3.8) is 0 Å². The fourth-order valence-corrected chi connectivity index (χ4v) is 12.8. The Kier molecular flexibility index (Phi) is 13.4. The SMILES string of the molecule is CC(C)(C)c1cc(-c2ccccc2-c2ccccc2N(c2ccccc2-c2cc(C(C)(C)C)cc(C(C)(C)C)c2)c2ccc3ccc4c(-n5c6ccc(C(C)(C)C)cc6c6cc(C(C)(C)C)ccc65)ccc5ccc2c3c54)cc(C(C)(C)C)c1. The standard InChI is InChI=1S/C82H86N2/c1-77(2,3)55-35-41-73-67(49-55)68-50-56(78(4,5)6)36-42-74(68)84(73)72-40-34-52-31-37-65-71(39-33-51-32-38-66(72)76(52)75(51)65)83(69-29-23-21-26-62(69)54-45-59(81(13,14)15)48-60(46-54)82(16,17)18)70-30-24-22-28-64(70)63-27-20-19-25-61(63)53-43-57(79(7,8)9)47-58(44-53)80(10,11)12/h19-50H,1-18H3. The van der Waals surface area contributed by atoms with E-state index >= 15 is 0 Å². The van der Waals surface area contributed by atoms with Gasteiger partial charge in [0.05, 0.1) is 33.8 Å². The largest absolute Gasteiger partial charge is 0.309 e. The average Bonchev–Trinajstić information content (AvgIpc) is 1.45. The summed E-state index contributed by atoms with van der Waals surface area (Å²) in [6.07, 6.45) is 0. The predicted octanol–water partition coefficient (Wildman–Crippen LogP) is 23.9. The van der Waals surface area contributed by atoms with E-state index in [2.05, 4.69) is 328 Å². The van der Waals surface area contributed by atoms with Gasteiger partial charge in [-0.1, -0.05) is 270 Å². The molecule has 0 saturated carbocycles. The van der Waals surface area contributed by atoms with E-state index < -0.39 is 0 Å². The van der Waals surface area contributed by atoms with Crippen LogP contribution in [0.1, 0.15) is 158 Å². The Morgan fingerprint density at radius 1 is 0.262 bits per heavy atom. The number of anilines is 3. The highest BCUT2D eigenvalue weighted by Gasteiger charge is 2.29. The highest BCUT2D eigenvalue weighted by Crippen LogP contribution is 2.52. The summed E-state index contributed by atoms with van der Waals surface area (Å²) in [5.74, 6) is 0. The first-order valence-electron chi connectivity index (χ1n) is 30.7. The molecule has 84 heavy (non-hydrogen) atoms. The highest BCUT2D eigenvalue weighted by atomic mass is 15.1. The molecule has 0 atom stereocenters. The lowest BCUT2D eigenvalue weighted by Gasteiger charge is -2.32. The van der Waals surface area contributed by atoms with Crippen LogP contribution in [-0.2, 0) is 32.5 Å². The number of nitrogens with zero attached hydrogens (tertiary/aromatic N) is 2. The van der Waals surface area contributed by atoms with Crippen LogP contribution in [0.2, 0.25) is 0 Å². The number of para-hydroxylation sites is 2. The third kappa shape index (κ3) is 9.98. The molecular weight excluding hydrogens is 1010 g/mol. The van der Waals surface area contributed by atoms with Gasteiger partial charge in [0.15, 0.2) is 0 Å². The van der Waals surface area contributed by atoms with Crippen molar-refractivity contribution in [1.29, 1.82) is 0 Å². The Balaban J connectivity index is 1.16. The molecular formula is C82H86N2. The quantitative estimate of drug-likeness (QED) is 0.144. The van der Waals surface area contributed by atoms with Gasteiger partial charge in [-0.05, 0) is 158 Å². The molecule has 2 nitrogen and oxygen atoms in total. The van der Waals surface area contributed by atoms with E-state index in [-0.39, 0.29) is 32.5 Å². The summed E-state index contributed by atoms with van der Waals surface area (Å²) in [5.41, 5.74) is 22.1. The second kappa shape index (κ2) is 19.8. The number of rotatable bonds is 7. The molecule has 0 aliphatic rings. The fourth-order valence-electron chi connectivity index (χ4n) is 12.8. The van der Waals surface area contributed by atoms with Crippen molar-refractivity contribution in [1.82, 2.24) is 4.57 Å². The van der Waals surface area contributed by atoms with Gasteiger partial charge in [-0.3, -0.25) is 0 Å². The zero-order valence-corrected chi connectivity index (χ0v) is 53.4. The van der Waals surface area contributed by atoms with E-state index in [1.165, 1.54) is 127 Å². The minimum Gasteiger partial charge on any atom is -0.309 e. The first kappa shape index (κ1) is 56.5. The van der Waals surface area contributed by atoms with Crippen molar-refractivity contribution in [2.45, 2.75) is 157 Å². The van der Waals surface area contributed by atoms with E-state index in [1.807, 2.05) is 0 Å². The van der Waals surface area contributed by atoms with Crippen LogP contribution in [0.25, 0.3) is 93.2 Å². The van der Waals surface area contributed by atoms with E-state index in [0.717, 1.165) is 17.1 Å². The van der Waals surface area contributed by atoms with Gasteiger partial charge in [-0.15, -0.1) is 0 Å². The van der Waals surface area contributed by atoms with Gasteiger partial charge in [0.2, 0.25) is 0 Å². The lowest BCUT2D eigenvalue weighted by atomic mass is 9.78. The number of hydrogen-bond acceptors (Lipinski definition) is 1. The van der Waals surface area contributed by atoms with Crippen LogP contribution in [0, 0.1) is 0 Å². The Morgan fingerprint density at radius 3 is 1.11 bits per heavy atom. The average molecular weight is 1100 g/mol. The van der Waals surface area contributed by atoms with Crippen molar-refractivity contribution in [3.8, 4) is 39.1 Å². The van der Waals surface area contributed by atoms with Crippen molar-refractivity contribution in [3.05, 3.63) is 228 Å². The summed E-state index contributed by atoms with van der Waals surface area (Å²) in [7, 11) is 0. The molecule has 424 valence electrons. The number of benzene rings is 11. The summed E-state index contributed by atoms with van der Waals surface area (Å²) in [4.78, 5) is 2.60. The van der Waals surface area contributed by atoms with E-state index in [9.17, 15) is 0 Å². The third-order valence-corrected chi connectivity index (χ3v) is 18.1. The molecule has 0 N–H and O–H groups in total. The summed E-state index contributed by atoms with van der Waals surface area (Å²) in [5, 5.41) is 10.1. The van der Waals surface area contributed by atoms with E-state index in [0.29, 0.717) is 0 Å². The molecule has 0 fully saturated rings. The van der Waals surface area contributed by atoms with E-state index in [1.54, 1.807) is 0 Å². The Morgan fingerprint density at radius 2 is 0.631 bits per heavy atom. The number of fused-ring (bicyclic) bond motifs is 3. The second-order valence-corrected chi connectivity index (χ2v) is 30.4. The number of aromatic nitrogens is 1. The molecule has 0 spiro atoms. The summed E-state index contributed by atoms with van der Waals surface area (Å²) in [6, 6.07) is 75.5. The van der Waals surface area contributed by atoms with Crippen LogP contribution < -0.4 is 4.90 Å². The summed E-state index contributed by atoms with van der Waals surface area (Å²) >= 11 is 0. The smallest absolute Gasteiger partial charge is 0.0541 e. The van der Waals surface area contributed by atoms with Crippen molar-refractivity contribution in [2.75, 3.05) is 4.90 Å². The Labute approximate surface area is 501 Å². The Bertz CT molecular complexity index is 4400. The highest BCUT2D eigenvalue weighted by molar-refractivity contribution is 6.28. The van der Waals surface area contributed by atoms with Gasteiger partial charge in [-0.2, -0.15) is 0 Å². The maximum Gasteiger partial charge on any atom is 0.0541 e. The van der Waals surface area contributed by atoms with Crippen LogP contribution >= 0.6 is 0 Å². The first-order valence-corrected chi connectivity index (χ1v) is 30.7. The minimum absolute atomic E-state index is 0.00723. The van der Waals surface area contributed by atoms with Gasteiger partial charge >= 0.3 is 0 Å².